The summed E-state index contributed by atoms with van der Waals surface area (Å²) in [4.78, 5) is 84.5. The summed E-state index contributed by atoms with van der Waals surface area (Å²) in [5, 5.41) is 11.3. The van der Waals surface area contributed by atoms with E-state index in [2.05, 4.69) is 36.1 Å². The molecule has 1 unspecified atom stereocenters. The first-order valence-electron chi connectivity index (χ1n) is 20.9. The highest BCUT2D eigenvalue weighted by Gasteiger charge is 2.45. The lowest BCUT2D eigenvalue weighted by molar-refractivity contribution is -0.136. The fourth-order valence-electron chi connectivity index (χ4n) is 8.39. The van der Waals surface area contributed by atoms with E-state index in [9.17, 15) is 33.2 Å². The summed E-state index contributed by atoms with van der Waals surface area (Å²) >= 11 is 0. The van der Waals surface area contributed by atoms with Gasteiger partial charge in [-0.3, -0.25) is 43.9 Å². The Kier molecular flexibility index (Phi) is 13.3. The third kappa shape index (κ3) is 9.80. The van der Waals surface area contributed by atoms with Gasteiger partial charge < -0.3 is 25.8 Å². The number of rotatable bonds is 18. The maximum atomic E-state index is 13.9. The number of aromatic nitrogens is 1. The topological polar surface area (TPSA) is 176 Å². The van der Waals surface area contributed by atoms with Crippen LogP contribution in [0.1, 0.15) is 108 Å². The first kappa shape index (κ1) is 41.5. The zero-order valence-electron chi connectivity index (χ0n) is 33.6. The lowest BCUT2D eigenvalue weighted by Crippen LogP contribution is -2.54. The van der Waals surface area contributed by atoms with Crippen molar-refractivity contribution in [2.24, 2.45) is 0 Å². The monoisotopic (exact) mass is 808 g/mol. The molecule has 6 amide bonds. The largest absolute Gasteiger partial charge is 0.384 e. The van der Waals surface area contributed by atoms with Crippen molar-refractivity contribution < 1.29 is 33.2 Å². The van der Waals surface area contributed by atoms with Crippen LogP contribution in [-0.2, 0) is 19.2 Å². The molecule has 2 fully saturated rings. The normalized spacial score (nSPS) is 18.9. The minimum Gasteiger partial charge on any atom is -0.384 e. The molecule has 312 valence electrons. The van der Waals surface area contributed by atoms with E-state index < -0.39 is 35.5 Å². The predicted octanol–water partition coefficient (Wildman–Crippen LogP) is 5.54. The van der Waals surface area contributed by atoms with Crippen LogP contribution in [0.15, 0.2) is 42.6 Å². The highest BCUT2D eigenvalue weighted by molar-refractivity contribution is 6.35. The molecule has 59 heavy (non-hydrogen) atoms. The minimum absolute atomic E-state index is 0.0875. The van der Waals surface area contributed by atoms with Crippen LogP contribution in [0.4, 0.5) is 21.5 Å². The number of amides is 6. The van der Waals surface area contributed by atoms with E-state index in [1.165, 1.54) is 50.7 Å². The molecule has 7 rings (SSSR count). The van der Waals surface area contributed by atoms with E-state index in [0.29, 0.717) is 52.5 Å². The summed E-state index contributed by atoms with van der Waals surface area (Å²) in [6.45, 7) is 7.49. The van der Waals surface area contributed by atoms with E-state index in [-0.39, 0.29) is 30.2 Å². The molecule has 2 aromatic carbocycles. The van der Waals surface area contributed by atoms with Gasteiger partial charge >= 0.3 is 0 Å². The van der Waals surface area contributed by atoms with Crippen LogP contribution in [-0.4, -0.2) is 107 Å². The molecule has 5 heterocycles. The average Bonchev–Trinajstić information content (AvgIpc) is 3.81. The fourth-order valence-corrected chi connectivity index (χ4v) is 8.39. The second-order valence-electron chi connectivity index (χ2n) is 15.9. The number of aromatic amines is 1. The highest BCUT2D eigenvalue weighted by Crippen LogP contribution is 2.35. The summed E-state index contributed by atoms with van der Waals surface area (Å²) in [5.41, 5.74) is 4.77. The minimum atomic E-state index is -0.974. The molecule has 2 saturated heterocycles. The molecule has 0 bridgehead atoms. The zero-order valence-corrected chi connectivity index (χ0v) is 33.6. The molecular formula is C44H53FN8O6. The van der Waals surface area contributed by atoms with Crippen molar-refractivity contribution in [3.63, 3.8) is 0 Å². The van der Waals surface area contributed by atoms with Crippen molar-refractivity contribution in [2.75, 3.05) is 61.8 Å². The SMILES string of the molecule is Cc1c(NC(=O)CN2CCN(CCCCCCCCCCCNc3cccc4c3C(=O)N(C3CCC(=O)NC3=O)C4=O)CC2)c[nH]c1/C=C1\C(=O)Nc2ccc(F)cc21. The summed E-state index contributed by atoms with van der Waals surface area (Å²) < 4.78 is 13.9. The Morgan fingerprint density at radius 1 is 0.831 bits per heavy atom. The summed E-state index contributed by atoms with van der Waals surface area (Å²) in [6, 6.07) is 8.36. The molecule has 0 aliphatic carbocycles. The van der Waals surface area contributed by atoms with Gasteiger partial charge in [0.2, 0.25) is 17.7 Å². The fraction of sp³-hybridized carbons (Fsp3) is 0.455. The number of halogens is 1. The number of benzene rings is 2. The Bertz CT molecular complexity index is 2140. The Morgan fingerprint density at radius 3 is 2.29 bits per heavy atom. The first-order valence-corrected chi connectivity index (χ1v) is 20.9. The Labute approximate surface area is 343 Å². The van der Waals surface area contributed by atoms with Crippen molar-refractivity contribution in [1.82, 2.24) is 25.0 Å². The van der Waals surface area contributed by atoms with Gasteiger partial charge in [0.05, 0.1) is 28.9 Å². The molecule has 5 N–H and O–H groups in total. The molecule has 4 aliphatic heterocycles. The van der Waals surface area contributed by atoms with E-state index in [1.807, 2.05) is 6.92 Å². The Balaban J connectivity index is 0.713. The van der Waals surface area contributed by atoms with Crippen molar-refractivity contribution in [3.05, 3.63) is 76.4 Å². The van der Waals surface area contributed by atoms with Gasteiger partial charge in [-0.1, -0.05) is 51.0 Å². The van der Waals surface area contributed by atoms with Crippen molar-refractivity contribution in [1.29, 1.82) is 0 Å². The highest BCUT2D eigenvalue weighted by atomic mass is 19.1. The van der Waals surface area contributed by atoms with E-state index in [1.54, 1.807) is 36.5 Å². The van der Waals surface area contributed by atoms with Crippen molar-refractivity contribution in [2.45, 2.75) is 83.6 Å². The molecule has 14 nitrogen and oxygen atoms in total. The third-order valence-electron chi connectivity index (χ3n) is 11.8. The zero-order chi connectivity index (χ0) is 41.5. The number of imide groups is 2. The number of fused-ring (bicyclic) bond motifs is 2. The second kappa shape index (κ2) is 18.9. The van der Waals surface area contributed by atoms with Crippen LogP contribution in [0.2, 0.25) is 0 Å². The van der Waals surface area contributed by atoms with Crippen LogP contribution in [0.5, 0.6) is 0 Å². The van der Waals surface area contributed by atoms with Crippen LogP contribution in [0, 0.1) is 12.7 Å². The smallest absolute Gasteiger partial charge is 0.264 e. The van der Waals surface area contributed by atoms with E-state index in [4.69, 9.17) is 0 Å². The van der Waals surface area contributed by atoms with Gasteiger partial charge in [-0.25, -0.2) is 4.39 Å². The van der Waals surface area contributed by atoms with Gasteiger partial charge in [-0.05, 0) is 74.7 Å². The molecule has 15 heteroatoms. The number of nitrogens with one attached hydrogen (secondary N) is 5. The number of piperidine rings is 1. The van der Waals surface area contributed by atoms with Gasteiger partial charge in [0.1, 0.15) is 11.9 Å². The van der Waals surface area contributed by atoms with Crippen molar-refractivity contribution >= 4 is 64.2 Å². The molecular weight excluding hydrogens is 756 g/mol. The Morgan fingerprint density at radius 2 is 1.54 bits per heavy atom. The number of carbonyl (C=O) groups is 6. The summed E-state index contributed by atoms with van der Waals surface area (Å²) in [7, 11) is 0. The quantitative estimate of drug-likeness (QED) is 0.0628. The van der Waals surface area contributed by atoms with Gasteiger partial charge in [-0.15, -0.1) is 0 Å². The number of nitrogens with zero attached hydrogens (tertiary/aromatic N) is 3. The summed E-state index contributed by atoms with van der Waals surface area (Å²) in [6.07, 6.45) is 14.0. The third-order valence-corrected chi connectivity index (χ3v) is 11.8. The lowest BCUT2D eigenvalue weighted by atomic mass is 10.0. The van der Waals surface area contributed by atoms with Gasteiger partial charge in [-0.2, -0.15) is 0 Å². The van der Waals surface area contributed by atoms with Crippen LogP contribution >= 0.6 is 0 Å². The average molecular weight is 809 g/mol. The number of unbranched alkanes of at least 4 members (excludes halogenated alkanes) is 8. The maximum Gasteiger partial charge on any atom is 0.264 e. The number of hydrogen-bond acceptors (Lipinski definition) is 9. The standard InChI is InChI=1S/C44H53FN8O6/c1-28-35(25-32-31-24-29(45)14-15-33(31)49-41(32)56)47-26-36(28)48-39(55)27-52-22-20-51(21-23-52)19-10-8-6-4-2-3-5-7-9-18-46-34-13-11-12-30-40(34)44(59)53(43(30)58)37-16-17-38(54)50-42(37)57/h11-15,24-26,37,46-47H,2-10,16-23,27H2,1H3,(H,48,55)(H,49,56)(H,50,54,57)/b32-25-. The Hall–Kier alpha value is -5.67. The molecule has 0 spiro atoms. The van der Waals surface area contributed by atoms with Gasteiger partial charge in [0.15, 0.2) is 0 Å². The first-order chi connectivity index (χ1) is 28.6. The maximum absolute atomic E-state index is 13.9. The van der Waals surface area contributed by atoms with E-state index in [0.717, 1.165) is 62.4 Å². The van der Waals surface area contributed by atoms with Crippen LogP contribution in [0.3, 0.4) is 0 Å². The number of anilines is 3. The number of hydrogen-bond donors (Lipinski definition) is 5. The second-order valence-corrected chi connectivity index (χ2v) is 15.9. The number of carbonyl (C=O) groups excluding carboxylic acids is 6. The summed E-state index contributed by atoms with van der Waals surface area (Å²) in [5.74, 6) is -2.79. The number of H-pyrrole nitrogens is 1. The molecule has 4 aliphatic rings. The lowest BCUT2D eigenvalue weighted by Gasteiger charge is -2.34. The molecule has 1 atom stereocenters. The molecule has 0 radical (unpaired) electrons. The van der Waals surface area contributed by atoms with Crippen molar-refractivity contribution in [3.8, 4) is 0 Å². The van der Waals surface area contributed by atoms with Gasteiger partial charge in [0.25, 0.3) is 17.7 Å². The molecule has 1 aromatic heterocycles. The van der Waals surface area contributed by atoms with Crippen LogP contribution in [0.25, 0.3) is 11.6 Å². The van der Waals surface area contributed by atoms with E-state index >= 15 is 0 Å². The number of piperazine rings is 1. The molecule has 0 saturated carbocycles. The van der Waals surface area contributed by atoms with Gasteiger partial charge in [0, 0.05) is 68.0 Å². The molecule has 3 aromatic rings. The van der Waals surface area contributed by atoms with Crippen LogP contribution < -0.4 is 21.3 Å². The predicted molar refractivity (Wildman–Crippen MR) is 223 cm³/mol.